The molecule has 1 atom stereocenters. The van der Waals surface area contributed by atoms with Crippen molar-refractivity contribution in [3.05, 3.63) is 36.2 Å². The highest BCUT2D eigenvalue weighted by Gasteiger charge is 2.19. The van der Waals surface area contributed by atoms with Crippen LogP contribution in [0.3, 0.4) is 0 Å². The van der Waals surface area contributed by atoms with Crippen LogP contribution in [0.15, 0.2) is 30.6 Å². The molecule has 1 aromatic heterocycles. The SMILES string of the molecule is O=C(N[C@H](CO)C(=O)O)c1ccc2nccnc2c1. The van der Waals surface area contributed by atoms with E-state index in [0.717, 1.165) is 0 Å². The number of amides is 1. The number of carbonyl (C=O) groups is 2. The van der Waals surface area contributed by atoms with E-state index in [4.69, 9.17) is 10.2 Å². The lowest BCUT2D eigenvalue weighted by Gasteiger charge is -2.11. The third kappa shape index (κ3) is 2.83. The molecular weight excluding hydrogens is 250 g/mol. The van der Waals surface area contributed by atoms with Crippen molar-refractivity contribution in [1.82, 2.24) is 15.3 Å². The van der Waals surface area contributed by atoms with E-state index in [9.17, 15) is 9.59 Å². The maximum absolute atomic E-state index is 11.8. The van der Waals surface area contributed by atoms with Gasteiger partial charge in [0.1, 0.15) is 0 Å². The van der Waals surface area contributed by atoms with Crippen molar-refractivity contribution < 1.29 is 19.8 Å². The van der Waals surface area contributed by atoms with Crippen LogP contribution in [0, 0.1) is 0 Å². The Labute approximate surface area is 107 Å². The fourth-order valence-electron chi connectivity index (χ4n) is 1.53. The highest BCUT2D eigenvalue weighted by Crippen LogP contribution is 2.10. The standard InChI is InChI=1S/C12H11N3O4/c16-6-10(12(18)19)15-11(17)7-1-2-8-9(5-7)14-4-3-13-8/h1-5,10,16H,6H2,(H,15,17)(H,18,19)/t10-/m1/s1. The quantitative estimate of drug-likeness (QED) is 0.703. The third-order valence-electron chi connectivity index (χ3n) is 2.52. The lowest BCUT2D eigenvalue weighted by molar-refractivity contribution is -0.140. The van der Waals surface area contributed by atoms with Gasteiger partial charge in [-0.05, 0) is 18.2 Å². The number of carboxylic acid groups (broad SMARTS) is 1. The van der Waals surface area contributed by atoms with Crippen molar-refractivity contribution >= 4 is 22.9 Å². The molecule has 0 saturated carbocycles. The molecule has 0 unspecified atom stereocenters. The predicted octanol–water partition coefficient (Wildman–Crippen LogP) is -0.195. The Morgan fingerprint density at radius 3 is 2.53 bits per heavy atom. The van der Waals surface area contributed by atoms with E-state index in [0.29, 0.717) is 11.0 Å². The zero-order chi connectivity index (χ0) is 13.8. The normalized spacial score (nSPS) is 12.1. The van der Waals surface area contributed by atoms with Crippen LogP contribution in [0.1, 0.15) is 10.4 Å². The number of aliphatic hydroxyl groups excluding tert-OH is 1. The number of nitrogens with one attached hydrogen (secondary N) is 1. The van der Waals surface area contributed by atoms with Crippen LogP contribution in [0.5, 0.6) is 0 Å². The Balaban J connectivity index is 2.24. The Kier molecular flexibility index (Phi) is 3.67. The maximum atomic E-state index is 11.8. The first-order chi connectivity index (χ1) is 9.11. The molecule has 0 aliphatic rings. The van der Waals surface area contributed by atoms with Gasteiger partial charge >= 0.3 is 5.97 Å². The number of hydrogen-bond acceptors (Lipinski definition) is 5. The zero-order valence-corrected chi connectivity index (χ0v) is 9.78. The minimum Gasteiger partial charge on any atom is -0.480 e. The Morgan fingerprint density at radius 1 is 1.21 bits per heavy atom. The molecule has 7 heteroatoms. The molecule has 0 fully saturated rings. The molecule has 98 valence electrons. The predicted molar refractivity (Wildman–Crippen MR) is 65.5 cm³/mol. The number of rotatable bonds is 4. The Hall–Kier alpha value is -2.54. The molecule has 3 N–H and O–H groups in total. The van der Waals surface area contributed by atoms with Crippen molar-refractivity contribution in [3.63, 3.8) is 0 Å². The first-order valence-corrected chi connectivity index (χ1v) is 5.47. The van der Waals surface area contributed by atoms with Gasteiger partial charge in [-0.25, -0.2) is 4.79 Å². The van der Waals surface area contributed by atoms with Crippen LogP contribution < -0.4 is 5.32 Å². The number of aromatic nitrogens is 2. The van der Waals surface area contributed by atoms with Crippen LogP contribution in [0.2, 0.25) is 0 Å². The number of nitrogens with zero attached hydrogens (tertiary/aromatic N) is 2. The molecule has 19 heavy (non-hydrogen) atoms. The van der Waals surface area contributed by atoms with Gasteiger partial charge in [0, 0.05) is 18.0 Å². The molecule has 1 amide bonds. The van der Waals surface area contributed by atoms with Crippen molar-refractivity contribution in [2.24, 2.45) is 0 Å². The number of carbonyl (C=O) groups excluding carboxylic acids is 1. The minimum atomic E-state index is -1.33. The van der Waals surface area contributed by atoms with Crippen LogP contribution in [0.25, 0.3) is 11.0 Å². The summed E-state index contributed by atoms with van der Waals surface area (Å²) in [5.41, 5.74) is 1.43. The molecule has 0 aliphatic heterocycles. The molecule has 2 aromatic rings. The lowest BCUT2D eigenvalue weighted by atomic mass is 10.1. The van der Waals surface area contributed by atoms with E-state index in [1.165, 1.54) is 24.5 Å². The van der Waals surface area contributed by atoms with Gasteiger partial charge in [-0.2, -0.15) is 0 Å². The first kappa shape index (κ1) is 12.9. The second-order valence-electron chi connectivity index (χ2n) is 3.81. The number of fused-ring (bicyclic) bond motifs is 1. The summed E-state index contributed by atoms with van der Waals surface area (Å²) in [6.45, 7) is -0.672. The second kappa shape index (κ2) is 5.40. The van der Waals surface area contributed by atoms with Gasteiger partial charge in [0.2, 0.25) is 0 Å². The third-order valence-corrected chi connectivity index (χ3v) is 2.52. The van der Waals surface area contributed by atoms with Gasteiger partial charge in [0.05, 0.1) is 17.6 Å². The fraction of sp³-hybridized carbons (Fsp3) is 0.167. The number of benzene rings is 1. The summed E-state index contributed by atoms with van der Waals surface area (Å²) in [6.07, 6.45) is 3.03. The average Bonchev–Trinajstić information content (AvgIpc) is 2.43. The fourth-order valence-corrected chi connectivity index (χ4v) is 1.53. The smallest absolute Gasteiger partial charge is 0.328 e. The van der Waals surface area contributed by atoms with E-state index in [1.54, 1.807) is 6.07 Å². The molecule has 0 spiro atoms. The minimum absolute atomic E-state index is 0.257. The molecule has 0 aliphatic carbocycles. The zero-order valence-electron chi connectivity index (χ0n) is 9.78. The summed E-state index contributed by atoms with van der Waals surface area (Å²) in [6, 6.07) is 3.31. The number of hydrogen-bond donors (Lipinski definition) is 3. The summed E-state index contributed by atoms with van der Waals surface area (Å²) in [5.74, 6) is -1.88. The molecule has 2 rings (SSSR count). The van der Waals surface area contributed by atoms with E-state index in [-0.39, 0.29) is 5.56 Å². The van der Waals surface area contributed by atoms with E-state index >= 15 is 0 Å². The topological polar surface area (TPSA) is 112 Å². The lowest BCUT2D eigenvalue weighted by Crippen LogP contribution is -2.43. The van der Waals surface area contributed by atoms with Gasteiger partial charge in [-0.1, -0.05) is 0 Å². The number of aliphatic hydroxyl groups is 1. The summed E-state index contributed by atoms with van der Waals surface area (Å²) in [4.78, 5) is 30.7. The van der Waals surface area contributed by atoms with E-state index in [1.807, 2.05) is 0 Å². The number of aliphatic carboxylic acids is 1. The monoisotopic (exact) mass is 261 g/mol. The van der Waals surface area contributed by atoms with Gasteiger partial charge in [0.25, 0.3) is 5.91 Å². The van der Waals surface area contributed by atoms with Crippen LogP contribution >= 0.6 is 0 Å². The van der Waals surface area contributed by atoms with Crippen molar-refractivity contribution in [2.45, 2.75) is 6.04 Å². The second-order valence-corrected chi connectivity index (χ2v) is 3.81. The number of carboxylic acids is 1. The van der Waals surface area contributed by atoms with Crippen LogP contribution in [-0.4, -0.2) is 44.7 Å². The largest absolute Gasteiger partial charge is 0.480 e. The molecule has 7 nitrogen and oxygen atoms in total. The van der Waals surface area contributed by atoms with E-state index < -0.39 is 24.5 Å². The van der Waals surface area contributed by atoms with Crippen LogP contribution in [-0.2, 0) is 4.79 Å². The summed E-state index contributed by atoms with van der Waals surface area (Å²) < 4.78 is 0. The van der Waals surface area contributed by atoms with Crippen LogP contribution in [0.4, 0.5) is 0 Å². The van der Waals surface area contributed by atoms with Crippen molar-refractivity contribution in [3.8, 4) is 0 Å². The highest BCUT2D eigenvalue weighted by atomic mass is 16.4. The Bertz CT molecular complexity index is 629. The first-order valence-electron chi connectivity index (χ1n) is 5.47. The summed E-state index contributed by atoms with van der Waals surface area (Å²) in [7, 11) is 0. The van der Waals surface area contributed by atoms with Gasteiger partial charge in [-0.15, -0.1) is 0 Å². The van der Waals surface area contributed by atoms with Gasteiger partial charge in [-0.3, -0.25) is 14.8 Å². The van der Waals surface area contributed by atoms with Crippen molar-refractivity contribution in [1.29, 1.82) is 0 Å². The highest BCUT2D eigenvalue weighted by molar-refractivity contribution is 5.99. The molecular formula is C12H11N3O4. The molecule has 0 radical (unpaired) electrons. The van der Waals surface area contributed by atoms with Gasteiger partial charge < -0.3 is 15.5 Å². The average molecular weight is 261 g/mol. The van der Waals surface area contributed by atoms with E-state index in [2.05, 4.69) is 15.3 Å². The Morgan fingerprint density at radius 2 is 1.89 bits per heavy atom. The summed E-state index contributed by atoms with van der Waals surface area (Å²) >= 11 is 0. The van der Waals surface area contributed by atoms with Crippen molar-refractivity contribution in [2.75, 3.05) is 6.61 Å². The molecule has 1 heterocycles. The molecule has 0 saturated heterocycles. The molecule has 1 aromatic carbocycles. The summed E-state index contributed by atoms with van der Waals surface area (Å²) in [5, 5.41) is 19.8. The molecule has 0 bridgehead atoms. The maximum Gasteiger partial charge on any atom is 0.328 e. The van der Waals surface area contributed by atoms with Gasteiger partial charge in [0.15, 0.2) is 6.04 Å².